The first-order valence-electron chi connectivity index (χ1n) is 9.77. The van der Waals surface area contributed by atoms with Gasteiger partial charge in [0, 0.05) is 32.6 Å². The second-order valence-electron chi connectivity index (χ2n) is 7.58. The summed E-state index contributed by atoms with van der Waals surface area (Å²) in [5, 5.41) is 8.04. The van der Waals surface area contributed by atoms with Gasteiger partial charge in [0.15, 0.2) is 0 Å². The Balaban J connectivity index is 1.77. The molecule has 1 aliphatic rings. The minimum atomic E-state index is -3.53. The normalized spacial score (nSPS) is 16.6. The molecule has 28 heavy (non-hydrogen) atoms. The van der Waals surface area contributed by atoms with Crippen molar-refractivity contribution in [2.24, 2.45) is 0 Å². The van der Waals surface area contributed by atoms with Crippen LogP contribution in [0, 0.1) is 34.6 Å². The van der Waals surface area contributed by atoms with Crippen molar-refractivity contribution in [2.45, 2.75) is 59.4 Å². The Hall–Kier alpha value is -1.77. The summed E-state index contributed by atoms with van der Waals surface area (Å²) < 4.78 is 34.0. The summed E-state index contributed by atoms with van der Waals surface area (Å²) in [4.78, 5) is 2.63. The fourth-order valence-electron chi connectivity index (χ4n) is 3.80. The Kier molecular flexibility index (Phi) is 5.93. The van der Waals surface area contributed by atoms with Crippen LogP contribution < -0.4 is 0 Å². The van der Waals surface area contributed by atoms with E-state index < -0.39 is 10.0 Å². The number of hydrogen-bond acceptors (Lipinski definition) is 6. The molecule has 0 saturated carbocycles. The minimum absolute atomic E-state index is 0.460. The third-order valence-corrected chi connectivity index (χ3v) is 8.20. The minimum Gasteiger partial charge on any atom is -0.424 e. The Labute approximate surface area is 167 Å². The Morgan fingerprint density at radius 2 is 1.32 bits per heavy atom. The molecule has 0 N–H and O–H groups in total. The van der Waals surface area contributed by atoms with Gasteiger partial charge in [0.2, 0.25) is 21.8 Å². The second-order valence-corrected chi connectivity index (χ2v) is 9.45. The second kappa shape index (κ2) is 7.93. The smallest absolute Gasteiger partial charge is 0.243 e. The van der Waals surface area contributed by atoms with E-state index in [4.69, 9.17) is 4.42 Å². The summed E-state index contributed by atoms with van der Waals surface area (Å²) in [5.41, 5.74) is 5.01. The monoisotopic (exact) mass is 406 g/mol. The molecule has 2 heterocycles. The molecule has 154 valence electrons. The predicted molar refractivity (Wildman–Crippen MR) is 108 cm³/mol. The summed E-state index contributed by atoms with van der Waals surface area (Å²) in [6.45, 7) is 14.6. The lowest BCUT2D eigenvalue weighted by atomic mass is 9.95. The van der Waals surface area contributed by atoms with Crippen LogP contribution in [-0.4, -0.2) is 54.0 Å². The lowest BCUT2D eigenvalue weighted by Gasteiger charge is -2.34. The van der Waals surface area contributed by atoms with Crippen LogP contribution in [0.5, 0.6) is 0 Å². The SMILES string of the molecule is CCc1nnc(CN2CCN(S(=O)(=O)c3c(C)c(C)c(C)c(C)c3C)CC2)o1. The number of aryl methyl sites for hydroxylation is 1. The fraction of sp³-hybridized carbons (Fsp3) is 0.600. The zero-order valence-electron chi connectivity index (χ0n) is 17.7. The van der Waals surface area contributed by atoms with E-state index in [1.54, 1.807) is 4.31 Å². The molecule has 1 saturated heterocycles. The third-order valence-electron chi connectivity index (χ3n) is 6.03. The number of hydrogen-bond donors (Lipinski definition) is 0. The van der Waals surface area contributed by atoms with Gasteiger partial charge in [0.1, 0.15) is 0 Å². The highest BCUT2D eigenvalue weighted by Crippen LogP contribution is 2.32. The molecule has 1 fully saturated rings. The van der Waals surface area contributed by atoms with Gasteiger partial charge >= 0.3 is 0 Å². The van der Waals surface area contributed by atoms with E-state index >= 15 is 0 Å². The molecule has 0 atom stereocenters. The molecule has 1 aromatic heterocycles. The van der Waals surface area contributed by atoms with Gasteiger partial charge in [-0.25, -0.2) is 8.42 Å². The van der Waals surface area contributed by atoms with Gasteiger partial charge in [-0.1, -0.05) is 6.92 Å². The van der Waals surface area contributed by atoms with Crippen LogP contribution in [0.4, 0.5) is 0 Å². The molecular formula is C20H30N4O3S. The highest BCUT2D eigenvalue weighted by atomic mass is 32.2. The third kappa shape index (κ3) is 3.73. The van der Waals surface area contributed by atoms with E-state index in [0.717, 1.165) is 22.3 Å². The summed E-state index contributed by atoms with van der Waals surface area (Å²) in [6, 6.07) is 0. The average molecular weight is 407 g/mol. The van der Waals surface area contributed by atoms with Crippen molar-refractivity contribution in [3.63, 3.8) is 0 Å². The van der Waals surface area contributed by atoms with Gasteiger partial charge in [0.25, 0.3) is 0 Å². The largest absolute Gasteiger partial charge is 0.424 e. The standard InChI is InChI=1S/C20H30N4O3S/c1-7-18-21-22-19(27-18)12-23-8-10-24(11-9-23)28(25,26)20-16(5)14(3)13(2)15(4)17(20)6/h7-12H2,1-6H3. The van der Waals surface area contributed by atoms with Crippen molar-refractivity contribution in [3.8, 4) is 0 Å². The van der Waals surface area contributed by atoms with Gasteiger partial charge in [-0.2, -0.15) is 4.31 Å². The van der Waals surface area contributed by atoms with Gasteiger partial charge in [-0.3, -0.25) is 4.90 Å². The molecule has 3 rings (SSSR count). The molecule has 0 bridgehead atoms. The van der Waals surface area contributed by atoms with E-state index in [2.05, 4.69) is 22.0 Å². The number of piperazine rings is 1. The molecular weight excluding hydrogens is 376 g/mol. The average Bonchev–Trinajstić information content (AvgIpc) is 3.13. The molecule has 0 unspecified atom stereocenters. The maximum Gasteiger partial charge on any atom is 0.243 e. The van der Waals surface area contributed by atoms with E-state index in [9.17, 15) is 8.42 Å². The van der Waals surface area contributed by atoms with Crippen molar-refractivity contribution in [2.75, 3.05) is 26.2 Å². The summed E-state index contributed by atoms with van der Waals surface area (Å²) in [6.07, 6.45) is 0.715. The highest BCUT2D eigenvalue weighted by molar-refractivity contribution is 7.89. The van der Waals surface area contributed by atoms with Crippen LogP contribution in [0.15, 0.2) is 9.31 Å². The lowest BCUT2D eigenvalue weighted by molar-refractivity contribution is 0.167. The maximum absolute atomic E-state index is 13.4. The zero-order chi connectivity index (χ0) is 20.6. The molecule has 0 amide bonds. The fourth-order valence-corrected chi connectivity index (χ4v) is 5.78. The van der Waals surface area contributed by atoms with Crippen LogP contribution in [0.3, 0.4) is 0 Å². The quantitative estimate of drug-likeness (QED) is 0.760. The molecule has 0 spiro atoms. The Morgan fingerprint density at radius 3 is 1.82 bits per heavy atom. The Bertz CT molecular complexity index is 945. The van der Waals surface area contributed by atoms with Crippen molar-refractivity contribution in [3.05, 3.63) is 39.6 Å². The number of rotatable bonds is 5. The first-order chi connectivity index (χ1) is 13.2. The van der Waals surface area contributed by atoms with Crippen LogP contribution in [0.1, 0.15) is 46.5 Å². The number of aromatic nitrogens is 2. The van der Waals surface area contributed by atoms with Gasteiger partial charge in [-0.15, -0.1) is 10.2 Å². The zero-order valence-corrected chi connectivity index (χ0v) is 18.5. The first-order valence-corrected chi connectivity index (χ1v) is 11.2. The van der Waals surface area contributed by atoms with Crippen LogP contribution in [-0.2, 0) is 23.0 Å². The van der Waals surface area contributed by atoms with Crippen LogP contribution in [0.25, 0.3) is 0 Å². The van der Waals surface area contributed by atoms with Gasteiger partial charge in [0.05, 0.1) is 11.4 Å². The topological polar surface area (TPSA) is 79.5 Å². The number of sulfonamides is 1. The predicted octanol–water partition coefficient (Wildman–Crippen LogP) is 2.68. The van der Waals surface area contributed by atoms with E-state index in [1.807, 2.05) is 34.6 Å². The molecule has 8 heteroatoms. The lowest BCUT2D eigenvalue weighted by Crippen LogP contribution is -2.48. The molecule has 2 aromatic rings. The van der Waals surface area contributed by atoms with Crippen molar-refractivity contribution < 1.29 is 12.8 Å². The maximum atomic E-state index is 13.4. The summed E-state index contributed by atoms with van der Waals surface area (Å²) >= 11 is 0. The molecule has 0 aliphatic carbocycles. The van der Waals surface area contributed by atoms with Crippen LogP contribution >= 0.6 is 0 Å². The summed E-state index contributed by atoms with van der Waals surface area (Å²) in [5.74, 6) is 1.22. The Morgan fingerprint density at radius 1 is 0.821 bits per heavy atom. The van der Waals surface area contributed by atoms with E-state index in [0.29, 0.717) is 55.8 Å². The molecule has 1 aromatic carbocycles. The molecule has 7 nitrogen and oxygen atoms in total. The van der Waals surface area contributed by atoms with E-state index in [1.165, 1.54) is 5.56 Å². The number of nitrogens with zero attached hydrogens (tertiary/aromatic N) is 4. The van der Waals surface area contributed by atoms with Crippen molar-refractivity contribution >= 4 is 10.0 Å². The highest BCUT2D eigenvalue weighted by Gasteiger charge is 2.32. The van der Waals surface area contributed by atoms with Gasteiger partial charge in [-0.05, 0) is 62.4 Å². The van der Waals surface area contributed by atoms with Crippen molar-refractivity contribution in [1.29, 1.82) is 0 Å². The van der Waals surface area contributed by atoms with E-state index in [-0.39, 0.29) is 0 Å². The molecule has 1 aliphatic heterocycles. The van der Waals surface area contributed by atoms with Crippen LogP contribution in [0.2, 0.25) is 0 Å². The summed E-state index contributed by atoms with van der Waals surface area (Å²) in [7, 11) is -3.53. The molecule has 0 radical (unpaired) electrons. The van der Waals surface area contributed by atoms with Crippen molar-refractivity contribution in [1.82, 2.24) is 19.4 Å². The van der Waals surface area contributed by atoms with Gasteiger partial charge < -0.3 is 4.42 Å². The number of benzene rings is 1. The first kappa shape index (κ1) is 21.0.